The van der Waals surface area contributed by atoms with Gasteiger partial charge in [0.2, 0.25) is 18.9 Å². The monoisotopic (exact) mass is 378 g/mol. The maximum absolute atomic E-state index is 5.78. The molecule has 150 valence electrons. The molecular weight excluding hydrogens is 348 g/mol. The quantitative estimate of drug-likeness (QED) is 0.353. The van der Waals surface area contributed by atoms with Crippen LogP contribution in [0.2, 0.25) is 0 Å². The van der Waals surface area contributed by atoms with E-state index in [1.165, 1.54) is 0 Å². The predicted molar refractivity (Wildman–Crippen MR) is 104 cm³/mol. The molecule has 0 amide bonds. The van der Waals surface area contributed by atoms with Crippen molar-refractivity contribution in [3.8, 4) is 17.2 Å². The Hall–Kier alpha value is -2.76. The van der Waals surface area contributed by atoms with Gasteiger partial charge < -0.3 is 28.4 Å². The van der Waals surface area contributed by atoms with Gasteiger partial charge in [0.1, 0.15) is 17.2 Å². The molecule has 0 aliphatic heterocycles. The zero-order chi connectivity index (χ0) is 20.1. The fraction of sp³-hybridized carbons (Fsp3) is 0.429. The van der Waals surface area contributed by atoms with Gasteiger partial charge in [-0.1, -0.05) is 18.2 Å². The highest BCUT2D eigenvalue weighted by Gasteiger charge is 2.12. The fourth-order valence-electron chi connectivity index (χ4n) is 1.98. The second kappa shape index (κ2) is 12.6. The van der Waals surface area contributed by atoms with E-state index in [1.54, 1.807) is 76.0 Å². The number of hydrogen-bond acceptors (Lipinski definition) is 6. The van der Waals surface area contributed by atoms with E-state index in [4.69, 9.17) is 28.4 Å². The number of ether oxygens (including phenoxy) is 6. The van der Waals surface area contributed by atoms with Crippen LogP contribution in [0, 0.1) is 0 Å². The molecule has 0 fully saturated rings. The van der Waals surface area contributed by atoms with Gasteiger partial charge in [0.25, 0.3) is 0 Å². The van der Waals surface area contributed by atoms with Crippen molar-refractivity contribution in [1.82, 2.24) is 0 Å². The largest absolute Gasteiger partial charge is 0.463 e. The minimum Gasteiger partial charge on any atom is -0.463 e. The molecule has 0 radical (unpaired) electrons. The Morgan fingerprint density at radius 3 is 1.04 bits per heavy atom. The number of rotatable bonds is 12. The van der Waals surface area contributed by atoms with E-state index in [1.807, 2.05) is 20.8 Å². The van der Waals surface area contributed by atoms with Crippen molar-refractivity contribution in [3.63, 3.8) is 0 Å². The molecule has 0 heterocycles. The summed E-state index contributed by atoms with van der Waals surface area (Å²) in [6.45, 7) is 11.0. The third kappa shape index (κ3) is 9.49. The molecule has 6 nitrogen and oxygen atoms in total. The molecule has 0 saturated carbocycles. The van der Waals surface area contributed by atoms with Gasteiger partial charge in [0.05, 0.1) is 18.8 Å². The van der Waals surface area contributed by atoms with Gasteiger partial charge in [0, 0.05) is 39.0 Å². The van der Waals surface area contributed by atoms with Crippen LogP contribution >= 0.6 is 0 Å². The van der Waals surface area contributed by atoms with Gasteiger partial charge in [-0.2, -0.15) is 0 Å². The van der Waals surface area contributed by atoms with E-state index in [2.05, 4.69) is 0 Å². The van der Waals surface area contributed by atoms with E-state index in [0.717, 1.165) is 0 Å². The average molecular weight is 378 g/mol. The van der Waals surface area contributed by atoms with Gasteiger partial charge in [0.15, 0.2) is 0 Å². The summed E-state index contributed by atoms with van der Waals surface area (Å²) in [4.78, 5) is 0. The van der Waals surface area contributed by atoms with Crippen LogP contribution in [-0.2, 0) is 14.2 Å². The van der Waals surface area contributed by atoms with Crippen molar-refractivity contribution in [2.45, 2.75) is 60.4 Å². The number of allylic oxidation sites excluding steroid dienone is 3. The zero-order valence-corrected chi connectivity index (χ0v) is 16.9. The summed E-state index contributed by atoms with van der Waals surface area (Å²) >= 11 is 0. The Balaban J connectivity index is 2.95. The highest BCUT2D eigenvalue weighted by Crippen LogP contribution is 2.30. The summed E-state index contributed by atoms with van der Waals surface area (Å²) in [5.41, 5.74) is 0. The maximum atomic E-state index is 5.78. The fourth-order valence-corrected chi connectivity index (χ4v) is 1.98. The molecule has 0 spiro atoms. The second-order valence-corrected chi connectivity index (χ2v) is 5.51. The van der Waals surface area contributed by atoms with Crippen molar-refractivity contribution in [3.05, 3.63) is 55.2 Å². The molecule has 1 aromatic carbocycles. The van der Waals surface area contributed by atoms with E-state index in [-0.39, 0.29) is 0 Å². The minimum absolute atomic E-state index is 0.474. The molecule has 27 heavy (non-hydrogen) atoms. The van der Waals surface area contributed by atoms with Crippen molar-refractivity contribution >= 4 is 0 Å². The van der Waals surface area contributed by atoms with Crippen LogP contribution < -0.4 is 14.2 Å². The van der Waals surface area contributed by atoms with Gasteiger partial charge in [-0.3, -0.25) is 0 Å². The summed E-state index contributed by atoms with van der Waals surface area (Å²) in [5, 5.41) is 0. The lowest BCUT2D eigenvalue weighted by atomic mass is 10.3. The third-order valence-electron chi connectivity index (χ3n) is 2.98. The smallest absolute Gasteiger partial charge is 0.237 e. The van der Waals surface area contributed by atoms with Gasteiger partial charge in [-0.15, -0.1) is 0 Å². The molecule has 0 N–H and O–H groups in total. The standard InChI is InChI=1S/C21H30O6/c1-7-10-22-16(4)25-19-13-20(26-17(5)23-11-8-2)15-21(14-19)27-18(6)24-12-9-3/h7-18H,1-6H3/b10-7-,11-8-,12-9-. The van der Waals surface area contributed by atoms with Crippen LogP contribution in [-0.4, -0.2) is 18.9 Å². The van der Waals surface area contributed by atoms with E-state index >= 15 is 0 Å². The summed E-state index contributed by atoms with van der Waals surface area (Å²) < 4.78 is 33.5. The SMILES string of the molecule is C/C=C\OC(C)Oc1cc(OC(C)O/C=C\C)cc(OC(C)O/C=C\C)c1. The van der Waals surface area contributed by atoms with Crippen molar-refractivity contribution in [1.29, 1.82) is 0 Å². The highest BCUT2D eigenvalue weighted by atomic mass is 16.7. The molecular formula is C21H30O6. The first-order chi connectivity index (χ1) is 13.0. The van der Waals surface area contributed by atoms with Gasteiger partial charge in [-0.05, 0) is 20.8 Å². The van der Waals surface area contributed by atoms with Crippen molar-refractivity contribution in [2.24, 2.45) is 0 Å². The topological polar surface area (TPSA) is 55.4 Å². The molecule has 1 rings (SSSR count). The lowest BCUT2D eigenvalue weighted by molar-refractivity contribution is -0.0232. The van der Waals surface area contributed by atoms with Crippen LogP contribution in [0.25, 0.3) is 0 Å². The normalized spacial score (nSPS) is 14.9. The van der Waals surface area contributed by atoms with Crippen LogP contribution in [0.4, 0.5) is 0 Å². The maximum Gasteiger partial charge on any atom is 0.237 e. The summed E-state index contributed by atoms with van der Waals surface area (Å²) in [6.07, 6.45) is 8.65. The number of hydrogen-bond donors (Lipinski definition) is 0. The molecule has 3 atom stereocenters. The van der Waals surface area contributed by atoms with Crippen LogP contribution in [0.15, 0.2) is 55.2 Å². The molecule has 0 aliphatic rings. The highest BCUT2D eigenvalue weighted by molar-refractivity contribution is 5.42. The first-order valence-electron chi connectivity index (χ1n) is 8.93. The van der Waals surface area contributed by atoms with Crippen LogP contribution in [0.5, 0.6) is 17.2 Å². The van der Waals surface area contributed by atoms with Crippen molar-refractivity contribution < 1.29 is 28.4 Å². The number of benzene rings is 1. The third-order valence-corrected chi connectivity index (χ3v) is 2.98. The van der Waals surface area contributed by atoms with Gasteiger partial charge in [-0.25, -0.2) is 0 Å². The lowest BCUT2D eigenvalue weighted by Gasteiger charge is -2.20. The predicted octanol–water partition coefficient (Wildman–Crippen LogP) is 5.51. The Bertz CT molecular complexity index is 525. The molecule has 3 unspecified atom stereocenters. The Labute approximate surface area is 162 Å². The van der Waals surface area contributed by atoms with E-state index in [9.17, 15) is 0 Å². The molecule has 0 bridgehead atoms. The van der Waals surface area contributed by atoms with Crippen LogP contribution in [0.3, 0.4) is 0 Å². The molecule has 0 saturated heterocycles. The molecule has 0 aromatic heterocycles. The minimum atomic E-state index is -0.474. The van der Waals surface area contributed by atoms with Crippen LogP contribution in [0.1, 0.15) is 41.5 Å². The Morgan fingerprint density at radius 2 is 0.815 bits per heavy atom. The Morgan fingerprint density at radius 1 is 0.556 bits per heavy atom. The first kappa shape index (κ1) is 22.3. The second-order valence-electron chi connectivity index (χ2n) is 5.51. The van der Waals surface area contributed by atoms with Gasteiger partial charge >= 0.3 is 0 Å². The first-order valence-corrected chi connectivity index (χ1v) is 8.93. The molecule has 6 heteroatoms. The summed E-state index contributed by atoms with van der Waals surface area (Å²) in [7, 11) is 0. The summed E-state index contributed by atoms with van der Waals surface area (Å²) in [6, 6.07) is 5.24. The average Bonchev–Trinajstić information content (AvgIpc) is 2.62. The Kier molecular flexibility index (Phi) is 10.4. The van der Waals surface area contributed by atoms with E-state index in [0.29, 0.717) is 17.2 Å². The van der Waals surface area contributed by atoms with E-state index < -0.39 is 18.9 Å². The zero-order valence-electron chi connectivity index (χ0n) is 16.9. The summed E-state index contributed by atoms with van der Waals surface area (Å²) in [5.74, 6) is 1.61. The molecule has 1 aromatic rings. The van der Waals surface area contributed by atoms with Crippen molar-refractivity contribution in [2.75, 3.05) is 0 Å². The lowest BCUT2D eigenvalue weighted by Crippen LogP contribution is -2.16. The molecule has 0 aliphatic carbocycles.